The van der Waals surface area contributed by atoms with E-state index in [0.29, 0.717) is 12.8 Å². The Morgan fingerprint density at radius 3 is 1.39 bits per heavy atom. The number of quaternary nitrogens is 1. The topological polar surface area (TPSA) is 102 Å². The minimum Gasteiger partial charge on any atom is -0.544 e. The zero-order valence-electron chi connectivity index (χ0n) is 39.2. The third kappa shape index (κ3) is 40.7. The molecule has 0 bridgehead atoms. The first-order valence-corrected chi connectivity index (χ1v) is 24.5. The molecule has 0 aliphatic rings. The number of carbonyl (C=O) groups is 3. The van der Waals surface area contributed by atoms with Gasteiger partial charge in [0.25, 0.3) is 0 Å². The molecule has 59 heavy (non-hydrogen) atoms. The summed E-state index contributed by atoms with van der Waals surface area (Å²) in [5, 5.41) is 11.6. The van der Waals surface area contributed by atoms with E-state index in [9.17, 15) is 19.5 Å². The second kappa shape index (κ2) is 42.2. The molecule has 0 aromatic rings. The van der Waals surface area contributed by atoms with Gasteiger partial charge < -0.3 is 28.6 Å². The molecule has 2 unspecified atom stereocenters. The summed E-state index contributed by atoms with van der Waals surface area (Å²) in [4.78, 5) is 37.0. The van der Waals surface area contributed by atoms with E-state index < -0.39 is 18.1 Å². The molecule has 0 aromatic heterocycles. The summed E-state index contributed by atoms with van der Waals surface area (Å²) in [5.41, 5.74) is 0. The first-order valence-electron chi connectivity index (χ1n) is 24.5. The Morgan fingerprint density at radius 1 is 0.525 bits per heavy atom. The van der Waals surface area contributed by atoms with Gasteiger partial charge in [0, 0.05) is 19.3 Å². The maximum atomic E-state index is 12.7. The maximum Gasteiger partial charge on any atom is 0.306 e. The standard InChI is InChI=1S/C51H93NO7/c1-6-8-10-12-14-16-18-20-22-23-24-25-26-28-29-31-33-35-37-39-41-49(53)58-46-47(45-57-44-43-48(51(55)56)52(3,4)5)59-50(54)42-40-38-36-34-32-30-27-21-19-17-15-13-11-9-7-2/h9,11,13,15,17,19,47-48H,6-8,10,12,14,16,18,20-46H2,1-5H3/b11-9+,15-13+,19-17+. The fourth-order valence-corrected chi connectivity index (χ4v) is 7.31. The number of allylic oxidation sites excluding steroid dienone is 6. The molecule has 0 rings (SSSR count). The Kier molecular flexibility index (Phi) is 40.5. The molecule has 0 aliphatic heterocycles. The van der Waals surface area contributed by atoms with Crippen molar-refractivity contribution in [2.75, 3.05) is 41.0 Å². The molecule has 344 valence electrons. The first kappa shape index (κ1) is 56.5. The molecule has 0 fully saturated rings. The molecule has 0 saturated heterocycles. The maximum absolute atomic E-state index is 12.7. The Balaban J connectivity index is 4.23. The van der Waals surface area contributed by atoms with Gasteiger partial charge in [-0.25, -0.2) is 0 Å². The summed E-state index contributed by atoms with van der Waals surface area (Å²) >= 11 is 0. The second-order valence-corrected chi connectivity index (χ2v) is 17.7. The number of ether oxygens (including phenoxy) is 3. The van der Waals surface area contributed by atoms with Crippen molar-refractivity contribution in [1.82, 2.24) is 0 Å². The van der Waals surface area contributed by atoms with Gasteiger partial charge in [0.05, 0.1) is 40.3 Å². The van der Waals surface area contributed by atoms with E-state index in [-0.39, 0.29) is 42.7 Å². The van der Waals surface area contributed by atoms with Crippen LogP contribution in [-0.4, -0.2) is 75.5 Å². The Hall–Kier alpha value is -2.45. The van der Waals surface area contributed by atoms with E-state index in [0.717, 1.165) is 57.8 Å². The Labute approximate surface area is 364 Å². The molecule has 2 atom stereocenters. The Morgan fingerprint density at radius 2 is 0.949 bits per heavy atom. The van der Waals surface area contributed by atoms with Crippen LogP contribution in [0.25, 0.3) is 0 Å². The summed E-state index contributed by atoms with van der Waals surface area (Å²) < 4.78 is 17.2. The number of carboxylic acids is 1. The fourth-order valence-electron chi connectivity index (χ4n) is 7.31. The van der Waals surface area contributed by atoms with Crippen molar-refractivity contribution in [2.24, 2.45) is 0 Å². The van der Waals surface area contributed by atoms with Crippen LogP contribution in [-0.2, 0) is 28.6 Å². The summed E-state index contributed by atoms with van der Waals surface area (Å²) in [6.07, 6.45) is 48.9. The number of hydrogen-bond donors (Lipinski definition) is 0. The lowest BCUT2D eigenvalue weighted by Gasteiger charge is -2.34. The highest BCUT2D eigenvalue weighted by molar-refractivity contribution is 5.70. The van der Waals surface area contributed by atoms with Gasteiger partial charge in [0.15, 0.2) is 6.10 Å². The molecule has 0 heterocycles. The average Bonchev–Trinajstić information content (AvgIpc) is 3.19. The van der Waals surface area contributed by atoms with Crippen LogP contribution >= 0.6 is 0 Å². The quantitative estimate of drug-likeness (QED) is 0.0261. The molecule has 0 aliphatic carbocycles. The van der Waals surface area contributed by atoms with E-state index in [1.54, 1.807) is 21.1 Å². The molecule has 0 radical (unpaired) electrons. The monoisotopic (exact) mass is 832 g/mol. The van der Waals surface area contributed by atoms with E-state index in [1.807, 2.05) is 0 Å². The van der Waals surface area contributed by atoms with Crippen molar-refractivity contribution in [2.45, 2.75) is 231 Å². The number of likely N-dealkylation sites (N-methyl/N-ethyl adjacent to an activating group) is 1. The van der Waals surface area contributed by atoms with Crippen molar-refractivity contribution in [3.63, 3.8) is 0 Å². The minimum absolute atomic E-state index is 0.0383. The highest BCUT2D eigenvalue weighted by Crippen LogP contribution is 2.16. The number of nitrogens with zero attached hydrogens (tertiary/aromatic N) is 1. The van der Waals surface area contributed by atoms with Gasteiger partial charge >= 0.3 is 11.9 Å². The van der Waals surface area contributed by atoms with Gasteiger partial charge in [0.1, 0.15) is 12.6 Å². The number of esters is 2. The first-order chi connectivity index (χ1) is 28.6. The van der Waals surface area contributed by atoms with Gasteiger partial charge in [-0.15, -0.1) is 0 Å². The van der Waals surface area contributed by atoms with E-state index in [4.69, 9.17) is 14.2 Å². The Bertz CT molecular complexity index is 1060. The molecular formula is C51H93NO7. The predicted molar refractivity (Wildman–Crippen MR) is 245 cm³/mol. The van der Waals surface area contributed by atoms with Crippen LogP contribution in [0.3, 0.4) is 0 Å². The number of rotatable bonds is 44. The van der Waals surface area contributed by atoms with Gasteiger partial charge in [-0.05, 0) is 32.1 Å². The molecule has 0 saturated carbocycles. The zero-order chi connectivity index (χ0) is 43.5. The van der Waals surface area contributed by atoms with E-state index in [2.05, 4.69) is 50.3 Å². The van der Waals surface area contributed by atoms with Crippen LogP contribution in [0.2, 0.25) is 0 Å². The number of unbranched alkanes of at least 4 members (excludes halogenated alkanes) is 26. The lowest BCUT2D eigenvalue weighted by atomic mass is 10.0. The second-order valence-electron chi connectivity index (χ2n) is 17.7. The van der Waals surface area contributed by atoms with Crippen molar-refractivity contribution in [3.8, 4) is 0 Å². The highest BCUT2D eigenvalue weighted by atomic mass is 16.6. The van der Waals surface area contributed by atoms with E-state index >= 15 is 0 Å². The van der Waals surface area contributed by atoms with Gasteiger partial charge in [-0.2, -0.15) is 0 Å². The lowest BCUT2D eigenvalue weighted by Crippen LogP contribution is -2.55. The van der Waals surface area contributed by atoms with Gasteiger partial charge in [0.2, 0.25) is 0 Å². The average molecular weight is 832 g/mol. The molecule has 0 aromatic carbocycles. The number of hydrogen-bond acceptors (Lipinski definition) is 7. The van der Waals surface area contributed by atoms with Crippen LogP contribution in [0.15, 0.2) is 36.5 Å². The van der Waals surface area contributed by atoms with Crippen LogP contribution in [0, 0.1) is 0 Å². The van der Waals surface area contributed by atoms with Crippen LogP contribution in [0.4, 0.5) is 0 Å². The minimum atomic E-state index is -1.13. The van der Waals surface area contributed by atoms with E-state index in [1.165, 1.54) is 128 Å². The van der Waals surface area contributed by atoms with Gasteiger partial charge in [-0.1, -0.05) is 204 Å². The van der Waals surface area contributed by atoms with Crippen LogP contribution < -0.4 is 5.11 Å². The van der Waals surface area contributed by atoms with Crippen molar-refractivity contribution >= 4 is 17.9 Å². The molecule has 0 N–H and O–H groups in total. The molecule has 8 nitrogen and oxygen atoms in total. The summed E-state index contributed by atoms with van der Waals surface area (Å²) in [5.74, 6) is -1.74. The molecular weight excluding hydrogens is 739 g/mol. The highest BCUT2D eigenvalue weighted by Gasteiger charge is 2.25. The lowest BCUT2D eigenvalue weighted by molar-refractivity contribution is -0.889. The summed E-state index contributed by atoms with van der Waals surface area (Å²) in [7, 11) is 5.41. The van der Waals surface area contributed by atoms with Gasteiger partial charge in [-0.3, -0.25) is 9.59 Å². The van der Waals surface area contributed by atoms with Crippen LogP contribution in [0.5, 0.6) is 0 Å². The van der Waals surface area contributed by atoms with Crippen molar-refractivity contribution < 1.29 is 38.2 Å². The normalized spacial score (nSPS) is 13.2. The van der Waals surface area contributed by atoms with Crippen LogP contribution in [0.1, 0.15) is 219 Å². The third-order valence-electron chi connectivity index (χ3n) is 11.1. The predicted octanol–water partition coefficient (Wildman–Crippen LogP) is 12.5. The summed E-state index contributed by atoms with van der Waals surface area (Å²) in [6, 6.07) is -0.727. The molecule has 8 heteroatoms. The largest absolute Gasteiger partial charge is 0.544 e. The number of carbonyl (C=O) groups excluding carboxylic acids is 3. The molecule has 0 amide bonds. The fraction of sp³-hybridized carbons (Fsp3) is 0.824. The van der Waals surface area contributed by atoms with Crippen molar-refractivity contribution in [1.29, 1.82) is 0 Å². The molecule has 0 spiro atoms. The summed E-state index contributed by atoms with van der Waals surface area (Å²) in [6.45, 7) is 4.55. The SMILES string of the molecule is CC/C=C/C=C/C=C/CCCCCCCCCC(=O)OC(COCCC(C(=O)[O-])[N+](C)(C)C)COC(=O)CCCCCCCCCCCCCCCCCCCCCC. The van der Waals surface area contributed by atoms with Crippen molar-refractivity contribution in [3.05, 3.63) is 36.5 Å². The third-order valence-corrected chi connectivity index (χ3v) is 11.1. The zero-order valence-corrected chi connectivity index (χ0v) is 39.2. The number of aliphatic carboxylic acids is 1. The smallest absolute Gasteiger partial charge is 0.306 e. The number of carboxylic acid groups (broad SMARTS) is 1.